The molecule has 8 bridgehead atoms. The summed E-state index contributed by atoms with van der Waals surface area (Å²) >= 11 is -4.79. The standard InChI is InChI=1S/C32H18N8.4C15H16O.Pd/c1-2-10-18-17(9-1)25-33-26(18)38-28-21-13-5-6-14-22(21)30(35-28)40-32-24-16-8-7-15-23(24)31(36-32)39-29-20-12-4-3-11-19(20)27(34-29)37-25;4*1-15(2,12-8-4-3-5-9-12)13-10-6-7-11-14(13)16;/h1-16H,(H2,33,34,35,36,37,38,39,40);4*3-11,16H,1-2H3;/q;;;;;+4/p-4. The summed E-state index contributed by atoms with van der Waals surface area (Å²) in [6.07, 6.45) is 0. The smallest absolute Gasteiger partial charge is 0.164 e. The van der Waals surface area contributed by atoms with Gasteiger partial charge in [-0.15, -0.1) is 0 Å². The minimum absolute atomic E-state index is 0.479. The normalized spacial score (nSPS) is 12.3. The van der Waals surface area contributed by atoms with E-state index in [1.807, 2.05) is 170 Å². The molecule has 15 aromatic rings. The Kier molecular flexibility index (Phi) is 17.7. The first-order valence-corrected chi connectivity index (χ1v) is 37.8. The summed E-state index contributed by atoms with van der Waals surface area (Å²) in [5.74, 6) is 4.82. The zero-order valence-electron chi connectivity index (χ0n) is 59.7. The van der Waals surface area contributed by atoms with Crippen LogP contribution in [0.3, 0.4) is 0 Å². The van der Waals surface area contributed by atoms with Gasteiger partial charge in [0.15, 0.2) is 23.3 Å². The number of H-pyrrole nitrogens is 2. The molecule has 12 aromatic carbocycles. The maximum atomic E-state index is 7.66. The van der Waals surface area contributed by atoms with E-state index in [-0.39, 0.29) is 0 Å². The maximum Gasteiger partial charge on any atom is 0.164 e. The second-order valence-corrected chi connectivity index (χ2v) is 31.1. The van der Waals surface area contributed by atoms with Gasteiger partial charge in [0.25, 0.3) is 0 Å². The molecule has 0 amide bonds. The van der Waals surface area contributed by atoms with Crippen molar-refractivity contribution in [3.8, 4) is 68.5 Å². The predicted octanol–water partition coefficient (Wildman–Crippen LogP) is 22.3. The minimum atomic E-state index is -4.79. The van der Waals surface area contributed by atoms with E-state index in [0.29, 0.717) is 68.9 Å². The molecule has 5 heterocycles. The van der Waals surface area contributed by atoms with Gasteiger partial charge in [-0.1, -0.05) is 97.1 Å². The Labute approximate surface area is 616 Å². The van der Waals surface area contributed by atoms with E-state index >= 15 is 0 Å². The Bertz CT molecular complexity index is 5190. The largest absolute Gasteiger partial charge is 0.324 e. The summed E-state index contributed by atoms with van der Waals surface area (Å²) in [6.45, 7) is 17.8. The van der Waals surface area contributed by atoms with Crippen LogP contribution in [0.1, 0.15) is 99.9 Å². The second kappa shape index (κ2) is 27.6. The zero-order valence-corrected chi connectivity index (χ0v) is 61.2. The molecule has 0 aliphatic carbocycles. The predicted molar refractivity (Wildman–Crippen MR) is 419 cm³/mol. The molecule has 17 rings (SSSR count). The number of benzene rings is 12. The Balaban J connectivity index is 0.000000179. The third-order valence-corrected chi connectivity index (χ3v) is 23.2. The molecule has 0 atom stereocenters. The van der Waals surface area contributed by atoms with E-state index in [0.717, 1.165) is 88.3 Å². The fourth-order valence-electron chi connectivity index (χ4n) is 14.2. The van der Waals surface area contributed by atoms with Gasteiger partial charge in [-0.2, -0.15) is 0 Å². The molecule has 0 saturated carbocycles. The first-order chi connectivity index (χ1) is 51.0. The molecular formula is C92H78N8O4Pd. The van der Waals surface area contributed by atoms with Gasteiger partial charge < -0.3 is 9.97 Å². The van der Waals surface area contributed by atoms with Crippen molar-refractivity contribution in [1.29, 1.82) is 0 Å². The van der Waals surface area contributed by atoms with Crippen LogP contribution in [0.4, 0.5) is 0 Å². The Hall–Kier alpha value is -12.1. The van der Waals surface area contributed by atoms with Gasteiger partial charge in [0.2, 0.25) is 0 Å². The molecule has 2 N–H and O–H groups in total. The van der Waals surface area contributed by atoms with E-state index in [9.17, 15) is 0 Å². The van der Waals surface area contributed by atoms with E-state index in [1.165, 1.54) is 0 Å². The van der Waals surface area contributed by atoms with E-state index in [4.69, 9.17) is 43.7 Å². The number of nitrogens with zero attached hydrogens (tertiary/aromatic N) is 6. The van der Waals surface area contributed by atoms with Gasteiger partial charge in [0.05, 0.1) is 0 Å². The zero-order chi connectivity index (χ0) is 71.9. The first-order valence-electron chi connectivity index (χ1n) is 35.3. The third kappa shape index (κ3) is 12.9. The van der Waals surface area contributed by atoms with Crippen molar-refractivity contribution >= 4 is 44.1 Å². The van der Waals surface area contributed by atoms with Crippen LogP contribution in [-0.4, -0.2) is 39.9 Å². The summed E-state index contributed by atoms with van der Waals surface area (Å²) in [5.41, 5.74) is 13.0. The van der Waals surface area contributed by atoms with Crippen LogP contribution in [-0.2, 0) is 38.7 Å². The van der Waals surface area contributed by atoms with Crippen molar-refractivity contribution in [2.75, 3.05) is 0 Å². The van der Waals surface area contributed by atoms with Gasteiger partial charge in [0.1, 0.15) is 22.6 Å². The van der Waals surface area contributed by atoms with Crippen LogP contribution in [0.5, 0.6) is 23.0 Å². The third-order valence-electron chi connectivity index (χ3n) is 20.3. The molecule has 0 fully saturated rings. The molecular weight excluding hydrogens is 1390 g/mol. The van der Waals surface area contributed by atoms with Gasteiger partial charge >= 0.3 is 394 Å². The van der Waals surface area contributed by atoms with Gasteiger partial charge in [-0.3, -0.25) is 0 Å². The molecule has 2 aliphatic heterocycles. The first kappa shape index (κ1) is 67.4. The van der Waals surface area contributed by atoms with Crippen LogP contribution in [0.25, 0.3) is 89.7 Å². The van der Waals surface area contributed by atoms with Crippen molar-refractivity contribution in [3.05, 3.63) is 360 Å². The molecule has 0 radical (unpaired) electrons. The van der Waals surface area contributed by atoms with Gasteiger partial charge in [0, 0.05) is 43.8 Å². The average molecular weight is 1470 g/mol. The minimum Gasteiger partial charge on any atom is -0.324 e. The van der Waals surface area contributed by atoms with Crippen molar-refractivity contribution in [3.63, 3.8) is 0 Å². The van der Waals surface area contributed by atoms with Gasteiger partial charge in [-0.25, -0.2) is 29.9 Å². The maximum absolute atomic E-state index is 7.66. The number of hydrogen-bond acceptors (Lipinski definition) is 10. The number of fused-ring (bicyclic) bond motifs is 20. The van der Waals surface area contributed by atoms with Crippen LogP contribution in [0.15, 0.2) is 315 Å². The quantitative estimate of drug-likeness (QED) is 0.0897. The number of rotatable bonds is 16. The Morgan fingerprint density at radius 3 is 0.638 bits per heavy atom. The fraction of sp³-hybridized carbons (Fsp3) is 0.130. The molecule has 520 valence electrons. The molecule has 0 unspecified atom stereocenters. The molecule has 13 heteroatoms. The van der Waals surface area contributed by atoms with Crippen LogP contribution < -0.4 is 13.8 Å². The van der Waals surface area contributed by atoms with Crippen LogP contribution >= 0.6 is 0 Å². The van der Waals surface area contributed by atoms with Crippen molar-refractivity contribution in [2.24, 2.45) is 0 Å². The second-order valence-electron chi connectivity index (χ2n) is 28.3. The fourth-order valence-corrected chi connectivity index (χ4v) is 17.4. The van der Waals surface area contributed by atoms with E-state index < -0.39 is 38.7 Å². The molecule has 12 nitrogen and oxygen atoms in total. The number of nitrogens with one attached hydrogen (secondary N) is 2. The topological polar surface area (TPSA) is 146 Å². The van der Waals surface area contributed by atoms with E-state index in [2.05, 4.69) is 211 Å². The Morgan fingerprint density at radius 2 is 0.410 bits per heavy atom. The van der Waals surface area contributed by atoms with Gasteiger partial charge in [-0.05, 0) is 0 Å². The summed E-state index contributed by atoms with van der Waals surface area (Å²) < 4.78 is 30.6. The SMILES string of the molecule is CC(C)(c1ccccc1)c1ccccc1[O][Pd]([O]c1ccccc1C(C)(C)c1ccccc1)([O]c1ccccc1C(C)(C)c1ccccc1)[O]c1ccccc1C(C)(C)c1ccccc1.c1ccc2c(c1)-c1nc-2nc2[nH]c(nc3nc(nc4[nH]c(n1)c1ccccc41)-c1ccccc1-3)c1ccccc21. The van der Waals surface area contributed by atoms with Crippen LogP contribution in [0.2, 0.25) is 0 Å². The summed E-state index contributed by atoms with van der Waals surface area (Å²) in [7, 11) is 0. The van der Waals surface area contributed by atoms with E-state index in [1.54, 1.807) is 0 Å². The van der Waals surface area contributed by atoms with Crippen molar-refractivity contribution in [1.82, 2.24) is 39.9 Å². The molecule has 3 aromatic heterocycles. The number of aromatic nitrogens is 8. The monoisotopic (exact) mass is 1460 g/mol. The molecule has 105 heavy (non-hydrogen) atoms. The number of aromatic amines is 2. The molecule has 0 spiro atoms. The van der Waals surface area contributed by atoms with Crippen LogP contribution in [0, 0.1) is 0 Å². The van der Waals surface area contributed by atoms with Crippen molar-refractivity contribution in [2.45, 2.75) is 77.0 Å². The summed E-state index contributed by atoms with van der Waals surface area (Å²) in [5, 5.41) is 3.82. The Morgan fingerprint density at radius 1 is 0.219 bits per heavy atom. The summed E-state index contributed by atoms with van der Waals surface area (Å²) in [6, 6.07) is 107. The molecule has 0 saturated heterocycles. The summed E-state index contributed by atoms with van der Waals surface area (Å²) in [4.78, 5) is 36.8. The molecule has 2 aliphatic rings. The van der Waals surface area contributed by atoms with Crippen molar-refractivity contribution < 1.29 is 30.9 Å². The number of para-hydroxylation sites is 4. The number of hydrogen-bond donors (Lipinski definition) is 2. The average Bonchev–Trinajstić information content (AvgIpc) is 1.23.